The first kappa shape index (κ1) is 25.7. The molecule has 0 atom stereocenters. The van der Waals surface area contributed by atoms with Crippen molar-refractivity contribution in [3.63, 3.8) is 0 Å². The van der Waals surface area contributed by atoms with Crippen molar-refractivity contribution in [3.8, 4) is 0 Å². The van der Waals surface area contributed by atoms with Crippen molar-refractivity contribution in [2.75, 3.05) is 0 Å². The molecule has 0 saturated carbocycles. The minimum Gasteiger partial charge on any atom is -0.420 e. The minimum absolute atomic E-state index is 0.0721. The van der Waals surface area contributed by atoms with Gasteiger partial charge in [-0.05, 0) is 27.7 Å². The third-order valence-corrected chi connectivity index (χ3v) is 7.28. The molecule has 3 heteroatoms. The van der Waals surface area contributed by atoms with Gasteiger partial charge >= 0.3 is 13.2 Å². The standard InChI is InChI=1S/C33H37B2N/c1-24-16-8-12-20-28(24)34(29-21-13-9-17-25(29)2)32(33(5,6)7)36-35(30-22-14-10-18-26(30)3)31-23-15-11-19-27(31)4/h8-23H,1-7H3. The van der Waals surface area contributed by atoms with Crippen molar-refractivity contribution < 1.29 is 0 Å². The first-order chi connectivity index (χ1) is 17.2. The van der Waals surface area contributed by atoms with Crippen molar-refractivity contribution in [1.82, 2.24) is 4.57 Å². The Morgan fingerprint density at radius 3 is 1.28 bits per heavy atom. The molecule has 4 aromatic carbocycles. The zero-order valence-electron chi connectivity index (χ0n) is 22.8. The fourth-order valence-corrected chi connectivity index (χ4v) is 5.22. The molecule has 180 valence electrons. The molecule has 4 aromatic rings. The summed E-state index contributed by atoms with van der Waals surface area (Å²) in [6.07, 6.45) is 0. The number of benzene rings is 4. The molecule has 0 heterocycles. The van der Waals surface area contributed by atoms with E-state index in [1.165, 1.54) is 49.7 Å². The van der Waals surface area contributed by atoms with Gasteiger partial charge in [0, 0.05) is 5.41 Å². The van der Waals surface area contributed by atoms with Crippen LogP contribution < -0.4 is 26.4 Å². The number of aryl methyl sites for hydroxylation is 4. The third kappa shape index (κ3) is 5.38. The number of nitrogens with zero attached hydrogens (tertiary/aromatic N) is 1. The van der Waals surface area contributed by atoms with Crippen LogP contribution in [0.3, 0.4) is 0 Å². The van der Waals surface area contributed by atoms with Crippen LogP contribution >= 0.6 is 0 Å². The van der Waals surface area contributed by atoms with E-state index in [0.29, 0.717) is 0 Å². The molecule has 0 aromatic heterocycles. The molecule has 0 aliphatic carbocycles. The smallest absolute Gasteiger partial charge is 0.369 e. The Morgan fingerprint density at radius 2 is 0.917 bits per heavy atom. The first-order valence-electron chi connectivity index (χ1n) is 13.0. The van der Waals surface area contributed by atoms with Crippen molar-refractivity contribution in [3.05, 3.63) is 119 Å². The Kier molecular flexibility index (Phi) is 7.62. The highest BCUT2D eigenvalue weighted by molar-refractivity contribution is 7.10. The Morgan fingerprint density at radius 1 is 0.556 bits per heavy atom. The van der Waals surface area contributed by atoms with Gasteiger partial charge in [0.15, 0.2) is 5.61 Å². The second kappa shape index (κ2) is 10.7. The van der Waals surface area contributed by atoms with E-state index in [1.807, 2.05) is 0 Å². The molecule has 4 rings (SSSR count). The zero-order valence-corrected chi connectivity index (χ0v) is 22.8. The van der Waals surface area contributed by atoms with Gasteiger partial charge in [0.2, 0.25) is 0 Å². The van der Waals surface area contributed by atoms with Crippen molar-refractivity contribution >= 4 is 40.7 Å². The fraction of sp³-hybridized carbons (Fsp3) is 0.242. The van der Waals surface area contributed by atoms with Crippen molar-refractivity contribution in [1.29, 1.82) is 0 Å². The topological polar surface area (TPSA) is 14.1 Å². The highest BCUT2D eigenvalue weighted by Gasteiger charge is 2.40. The molecule has 0 aliphatic heterocycles. The van der Waals surface area contributed by atoms with Crippen molar-refractivity contribution in [2.24, 2.45) is 5.41 Å². The summed E-state index contributed by atoms with van der Waals surface area (Å²) >= 11 is 0. The van der Waals surface area contributed by atoms with E-state index in [4.69, 9.17) is 4.57 Å². The summed E-state index contributed by atoms with van der Waals surface area (Å²) < 4.78 is 5.76. The molecular weight excluding hydrogens is 432 g/mol. The Labute approximate surface area is 218 Å². The lowest BCUT2D eigenvalue weighted by molar-refractivity contribution is 0.599. The van der Waals surface area contributed by atoms with Gasteiger partial charge in [0.1, 0.15) is 0 Å². The molecule has 36 heavy (non-hydrogen) atoms. The van der Waals surface area contributed by atoms with Crippen LogP contribution in [0.15, 0.2) is 97.1 Å². The van der Waals surface area contributed by atoms with Gasteiger partial charge in [-0.3, -0.25) is 0 Å². The normalized spacial score (nSPS) is 11.1. The second-order valence-electron chi connectivity index (χ2n) is 11.0. The predicted molar refractivity (Wildman–Crippen MR) is 161 cm³/mol. The van der Waals surface area contributed by atoms with E-state index < -0.39 is 0 Å². The average molecular weight is 469 g/mol. The van der Waals surface area contributed by atoms with Gasteiger partial charge in [-0.25, -0.2) is 0 Å². The Balaban J connectivity index is 2.19. The third-order valence-electron chi connectivity index (χ3n) is 7.28. The van der Waals surface area contributed by atoms with Crippen LogP contribution in [0.4, 0.5) is 0 Å². The number of hydrogen-bond acceptors (Lipinski definition) is 0. The quantitative estimate of drug-likeness (QED) is 0.229. The molecular formula is C33H37B2N. The first-order valence-corrected chi connectivity index (χ1v) is 13.0. The van der Waals surface area contributed by atoms with Gasteiger partial charge in [0.25, 0.3) is 0 Å². The minimum atomic E-state index is -0.140. The number of hydrogen-bond donors (Lipinski definition) is 0. The summed E-state index contributed by atoms with van der Waals surface area (Å²) in [5, 5.41) is 0. The summed E-state index contributed by atoms with van der Waals surface area (Å²) in [5.41, 5.74) is 11.4. The van der Waals surface area contributed by atoms with Crippen LogP contribution in [0.2, 0.25) is 0 Å². The van der Waals surface area contributed by atoms with Gasteiger partial charge in [-0.15, -0.1) is 10.9 Å². The largest absolute Gasteiger partial charge is 0.420 e. The summed E-state index contributed by atoms with van der Waals surface area (Å²) in [7, 11) is 0. The lowest BCUT2D eigenvalue weighted by Gasteiger charge is -2.25. The van der Waals surface area contributed by atoms with E-state index in [1.54, 1.807) is 0 Å². The Hall–Kier alpha value is -3.41. The molecule has 0 radical (unpaired) electrons. The highest BCUT2D eigenvalue weighted by atomic mass is 14.6. The van der Waals surface area contributed by atoms with Crippen LogP contribution in [-0.2, 0) is 0 Å². The average Bonchev–Trinajstić information content (AvgIpc) is 2.84. The summed E-state index contributed by atoms with van der Waals surface area (Å²) in [6, 6.07) is 35.0. The van der Waals surface area contributed by atoms with Gasteiger partial charge in [-0.1, -0.05) is 151 Å². The molecule has 0 N–H and O–H groups in total. The van der Waals surface area contributed by atoms with Gasteiger partial charge in [0.05, 0.1) is 0 Å². The monoisotopic (exact) mass is 469 g/mol. The molecule has 0 bridgehead atoms. The SMILES string of the molecule is Cc1ccccc1B(C(=[N+]=[B-](c1ccccc1C)c1ccccc1C)C(C)(C)C)c1ccccc1C. The van der Waals surface area contributed by atoms with Crippen LogP contribution in [0, 0.1) is 33.1 Å². The maximum atomic E-state index is 5.76. The van der Waals surface area contributed by atoms with Crippen molar-refractivity contribution in [2.45, 2.75) is 48.5 Å². The summed E-state index contributed by atoms with van der Waals surface area (Å²) in [4.78, 5) is 0. The van der Waals surface area contributed by atoms with Crippen LogP contribution in [0.25, 0.3) is 0 Å². The van der Waals surface area contributed by atoms with E-state index in [0.717, 1.165) is 0 Å². The second-order valence-corrected chi connectivity index (χ2v) is 11.0. The maximum absolute atomic E-state index is 5.76. The van der Waals surface area contributed by atoms with Gasteiger partial charge < -0.3 is 4.57 Å². The van der Waals surface area contributed by atoms with Crippen LogP contribution in [-0.4, -0.2) is 18.8 Å². The lowest BCUT2D eigenvalue weighted by Crippen LogP contribution is -2.57. The van der Waals surface area contributed by atoms with E-state index in [-0.39, 0.29) is 18.6 Å². The van der Waals surface area contributed by atoms with E-state index >= 15 is 0 Å². The van der Waals surface area contributed by atoms with Gasteiger partial charge in [-0.2, -0.15) is 0 Å². The summed E-state index contributed by atoms with van der Waals surface area (Å²) in [6.45, 7) is 15.8. The molecule has 0 aliphatic rings. The van der Waals surface area contributed by atoms with E-state index in [2.05, 4.69) is 146 Å². The zero-order chi connectivity index (χ0) is 25.9. The maximum Gasteiger partial charge on any atom is 0.369 e. The molecule has 0 saturated heterocycles. The number of rotatable bonds is 5. The molecule has 0 spiro atoms. The van der Waals surface area contributed by atoms with E-state index in [9.17, 15) is 0 Å². The predicted octanol–water partition coefficient (Wildman–Crippen LogP) is 4.70. The molecule has 0 fully saturated rings. The lowest BCUT2D eigenvalue weighted by atomic mass is 9.33. The molecule has 0 amide bonds. The summed E-state index contributed by atoms with van der Waals surface area (Å²) in [5.74, 6) is 0. The van der Waals surface area contributed by atoms with Crippen LogP contribution in [0.5, 0.6) is 0 Å². The molecule has 1 nitrogen and oxygen atoms in total. The molecule has 0 unspecified atom stereocenters. The highest BCUT2D eigenvalue weighted by Crippen LogP contribution is 2.18. The van der Waals surface area contributed by atoms with Crippen LogP contribution in [0.1, 0.15) is 43.0 Å². The fourth-order valence-electron chi connectivity index (χ4n) is 5.22. The Bertz CT molecular complexity index is 1360.